The maximum atomic E-state index is 11.9. The van der Waals surface area contributed by atoms with Gasteiger partial charge in [-0.15, -0.1) is 0 Å². The van der Waals surface area contributed by atoms with Crippen molar-refractivity contribution in [2.45, 2.75) is 16.8 Å². The van der Waals surface area contributed by atoms with Crippen molar-refractivity contribution in [3.05, 3.63) is 46.8 Å². The van der Waals surface area contributed by atoms with Gasteiger partial charge >= 0.3 is 0 Å². The molecule has 1 aromatic carbocycles. The summed E-state index contributed by atoms with van der Waals surface area (Å²) in [5.41, 5.74) is 2.37. The highest BCUT2D eigenvalue weighted by Crippen LogP contribution is 2.30. The van der Waals surface area contributed by atoms with Crippen LogP contribution < -0.4 is 11.2 Å². The number of nitrogens with one attached hydrogen (secondary N) is 1. The number of hydrogen-bond donors (Lipinski definition) is 1. The lowest BCUT2D eigenvalue weighted by Gasteiger charge is -2.07. The van der Waals surface area contributed by atoms with Crippen molar-refractivity contribution in [2.24, 2.45) is 0 Å². The van der Waals surface area contributed by atoms with Crippen LogP contribution in [-0.4, -0.2) is 27.8 Å². The molecule has 0 fully saturated rings. The highest BCUT2D eigenvalue weighted by Gasteiger charge is 2.09. The summed E-state index contributed by atoms with van der Waals surface area (Å²) in [6.07, 6.45) is 4.88. The van der Waals surface area contributed by atoms with Crippen LogP contribution in [0.1, 0.15) is 5.56 Å². The highest BCUT2D eigenvalue weighted by atomic mass is 32.2. The smallest absolute Gasteiger partial charge is 0.258 e. The highest BCUT2D eigenvalue weighted by molar-refractivity contribution is 7.99. The van der Waals surface area contributed by atoms with Crippen LogP contribution in [0, 0.1) is 6.92 Å². The van der Waals surface area contributed by atoms with Crippen LogP contribution in [-0.2, 0) is 0 Å². The van der Waals surface area contributed by atoms with Crippen LogP contribution >= 0.6 is 11.8 Å². The van der Waals surface area contributed by atoms with Crippen molar-refractivity contribution in [3.63, 3.8) is 0 Å². The van der Waals surface area contributed by atoms with E-state index in [1.807, 2.05) is 26.9 Å². The predicted octanol–water partition coefficient (Wildman–Crippen LogP) is 0.431. The van der Waals surface area contributed by atoms with Crippen molar-refractivity contribution < 1.29 is 0 Å². The third-order valence-electron chi connectivity index (χ3n) is 2.99. The maximum Gasteiger partial charge on any atom is 0.258 e. The second kappa shape index (κ2) is 5.09. The molecule has 1 N–H and O–H groups in total. The van der Waals surface area contributed by atoms with Crippen molar-refractivity contribution in [1.29, 1.82) is 0 Å². The average Bonchev–Trinajstić information content (AvgIpc) is 2.44. The van der Waals surface area contributed by atoms with E-state index in [-0.39, 0.29) is 5.56 Å². The summed E-state index contributed by atoms with van der Waals surface area (Å²) in [5.74, 6) is 0. The van der Waals surface area contributed by atoms with Crippen LogP contribution in [0.5, 0.6) is 0 Å². The SMILES string of the molecule is Bc1cnc(Sc2ccc3nc[nH]c(=O)c3c2C)cn1. The van der Waals surface area contributed by atoms with Gasteiger partial charge in [0.1, 0.15) is 5.03 Å². The third kappa shape index (κ3) is 2.32. The third-order valence-corrected chi connectivity index (χ3v) is 4.07. The first-order valence-corrected chi connectivity index (χ1v) is 6.90. The molecule has 2 aromatic heterocycles. The number of aryl methyl sites for hydroxylation is 1. The number of fused-ring (bicyclic) bond motifs is 1. The molecule has 5 nitrogen and oxygen atoms in total. The number of H-pyrrole nitrogens is 1. The quantitative estimate of drug-likeness (QED) is 0.690. The minimum Gasteiger partial charge on any atom is -0.313 e. The molecule has 0 spiro atoms. The Labute approximate surface area is 120 Å². The first-order chi connectivity index (χ1) is 9.65. The zero-order valence-electron chi connectivity index (χ0n) is 11.0. The van der Waals surface area contributed by atoms with Crippen molar-refractivity contribution in [3.8, 4) is 0 Å². The van der Waals surface area contributed by atoms with E-state index in [0.717, 1.165) is 21.1 Å². The fourth-order valence-corrected chi connectivity index (χ4v) is 2.79. The second-order valence-electron chi connectivity index (χ2n) is 4.41. The molecule has 0 saturated heterocycles. The van der Waals surface area contributed by atoms with Gasteiger partial charge in [-0.1, -0.05) is 11.8 Å². The monoisotopic (exact) mass is 282 g/mol. The lowest BCUT2D eigenvalue weighted by atomic mass is 10.1. The van der Waals surface area contributed by atoms with Crippen LogP contribution in [0.25, 0.3) is 10.9 Å². The van der Waals surface area contributed by atoms with Gasteiger partial charge in [0.2, 0.25) is 0 Å². The van der Waals surface area contributed by atoms with Crippen LogP contribution in [0.15, 0.2) is 45.6 Å². The summed E-state index contributed by atoms with van der Waals surface area (Å²) in [5, 5.41) is 1.43. The van der Waals surface area contributed by atoms with Crippen LogP contribution in [0.2, 0.25) is 0 Å². The second-order valence-corrected chi connectivity index (χ2v) is 5.47. The predicted molar refractivity (Wildman–Crippen MR) is 81.4 cm³/mol. The number of benzene rings is 1. The average molecular weight is 282 g/mol. The fraction of sp³-hybridized carbons (Fsp3) is 0.0769. The van der Waals surface area contributed by atoms with Gasteiger partial charge in [-0.05, 0) is 24.6 Å². The van der Waals surface area contributed by atoms with E-state index in [1.165, 1.54) is 18.1 Å². The Morgan fingerprint density at radius 1 is 1.20 bits per heavy atom. The van der Waals surface area contributed by atoms with Gasteiger partial charge < -0.3 is 4.98 Å². The molecule has 0 aliphatic rings. The van der Waals surface area contributed by atoms with Gasteiger partial charge in [0.05, 0.1) is 23.4 Å². The minimum absolute atomic E-state index is 0.120. The van der Waals surface area contributed by atoms with Crippen molar-refractivity contribution in [1.82, 2.24) is 19.9 Å². The molecule has 0 aliphatic heterocycles. The molecule has 0 saturated carbocycles. The molecule has 20 heavy (non-hydrogen) atoms. The molecule has 0 radical (unpaired) electrons. The number of aromatic nitrogens is 4. The van der Waals surface area contributed by atoms with Gasteiger partial charge in [-0.25, -0.2) is 9.97 Å². The molecule has 3 aromatic rings. The standard InChI is InChI=1S/C13H11BN4OS/c1-7-9(20-11-5-15-10(14)4-16-11)3-2-8-12(7)13(19)18-6-17-8/h2-6H,14H2,1H3,(H,17,18,19). The fourth-order valence-electron chi connectivity index (χ4n) is 1.96. The van der Waals surface area contributed by atoms with E-state index in [0.29, 0.717) is 10.9 Å². The number of aromatic amines is 1. The van der Waals surface area contributed by atoms with Gasteiger partial charge in [0.25, 0.3) is 5.56 Å². The Balaban J connectivity index is 2.08. The molecule has 7 heteroatoms. The Morgan fingerprint density at radius 3 is 2.80 bits per heavy atom. The largest absolute Gasteiger partial charge is 0.313 e. The molecule has 0 bridgehead atoms. The zero-order valence-corrected chi connectivity index (χ0v) is 11.9. The van der Waals surface area contributed by atoms with Gasteiger partial charge in [0, 0.05) is 16.7 Å². The lowest BCUT2D eigenvalue weighted by molar-refractivity contribution is 1.08. The molecular weight excluding hydrogens is 271 g/mol. The van der Waals surface area contributed by atoms with E-state index in [4.69, 9.17) is 0 Å². The molecule has 3 rings (SSSR count). The topological polar surface area (TPSA) is 71.5 Å². The maximum absolute atomic E-state index is 11.9. The van der Waals surface area contributed by atoms with Gasteiger partial charge in [0.15, 0.2) is 7.85 Å². The van der Waals surface area contributed by atoms with E-state index < -0.39 is 0 Å². The number of hydrogen-bond acceptors (Lipinski definition) is 5. The minimum atomic E-state index is -0.120. The number of rotatable bonds is 2. The van der Waals surface area contributed by atoms with E-state index >= 15 is 0 Å². The molecule has 0 amide bonds. The van der Waals surface area contributed by atoms with E-state index in [1.54, 1.807) is 12.4 Å². The Morgan fingerprint density at radius 2 is 2.05 bits per heavy atom. The van der Waals surface area contributed by atoms with E-state index in [9.17, 15) is 4.79 Å². The summed E-state index contributed by atoms with van der Waals surface area (Å²) in [4.78, 5) is 28.2. The number of nitrogens with zero attached hydrogens (tertiary/aromatic N) is 3. The summed E-state index contributed by atoms with van der Waals surface area (Å²) < 4.78 is 0. The normalized spacial score (nSPS) is 10.8. The first kappa shape index (κ1) is 12.9. The van der Waals surface area contributed by atoms with E-state index in [2.05, 4.69) is 19.9 Å². The summed E-state index contributed by atoms with van der Waals surface area (Å²) in [6, 6.07) is 3.80. The lowest BCUT2D eigenvalue weighted by Crippen LogP contribution is -2.09. The molecule has 2 heterocycles. The van der Waals surface area contributed by atoms with Gasteiger partial charge in [-0.3, -0.25) is 9.78 Å². The van der Waals surface area contributed by atoms with Crippen LogP contribution in [0.4, 0.5) is 0 Å². The Kier molecular flexibility index (Phi) is 3.27. The molecule has 0 aliphatic carbocycles. The van der Waals surface area contributed by atoms with Crippen molar-refractivity contribution in [2.75, 3.05) is 0 Å². The first-order valence-electron chi connectivity index (χ1n) is 6.08. The molecule has 0 atom stereocenters. The van der Waals surface area contributed by atoms with Crippen LogP contribution in [0.3, 0.4) is 0 Å². The molecular formula is C13H11BN4OS. The summed E-state index contributed by atoms with van der Waals surface area (Å²) >= 11 is 1.49. The zero-order chi connectivity index (χ0) is 14.1. The van der Waals surface area contributed by atoms with Gasteiger partial charge in [-0.2, -0.15) is 0 Å². The molecule has 98 valence electrons. The Hall–Kier alpha value is -2.15. The Bertz CT molecular complexity index is 832. The molecule has 0 unspecified atom stereocenters. The summed E-state index contributed by atoms with van der Waals surface area (Å²) in [6.45, 7) is 1.92. The summed E-state index contributed by atoms with van der Waals surface area (Å²) in [7, 11) is 1.90. The van der Waals surface area contributed by atoms with Crippen molar-refractivity contribution >= 4 is 36.1 Å².